The number of aromatic nitrogens is 2. The first-order valence-electron chi connectivity index (χ1n) is 8.40. The van der Waals surface area contributed by atoms with Crippen molar-refractivity contribution in [2.45, 2.75) is 77.3 Å². The molecule has 1 aromatic heterocycles. The first-order chi connectivity index (χ1) is 9.85. The molecule has 1 aromatic rings. The standard InChI is InChI=1S/C16H27N3O/c1-2-6-15-17-16(20-18-15)12-19(14-9-10-14)11-13-7-4-3-5-8-13/h13-14H,2-12H2,1H3. The average molecular weight is 277 g/mol. The second-order valence-electron chi connectivity index (χ2n) is 6.52. The molecule has 2 aliphatic rings. The summed E-state index contributed by atoms with van der Waals surface area (Å²) in [6.45, 7) is 4.24. The molecule has 0 atom stereocenters. The average Bonchev–Trinajstić information content (AvgIpc) is 3.22. The molecular weight excluding hydrogens is 250 g/mol. The minimum absolute atomic E-state index is 0.776. The molecule has 0 aromatic carbocycles. The Balaban J connectivity index is 1.55. The van der Waals surface area contributed by atoms with Gasteiger partial charge in [-0.25, -0.2) is 0 Å². The summed E-state index contributed by atoms with van der Waals surface area (Å²) in [7, 11) is 0. The Labute approximate surface area is 121 Å². The zero-order chi connectivity index (χ0) is 13.8. The molecule has 0 unspecified atom stereocenters. The second kappa shape index (κ2) is 6.70. The molecule has 2 saturated carbocycles. The van der Waals surface area contributed by atoms with Crippen molar-refractivity contribution in [3.05, 3.63) is 11.7 Å². The molecule has 0 radical (unpaired) electrons. The Hall–Kier alpha value is -0.900. The van der Waals surface area contributed by atoms with E-state index in [9.17, 15) is 0 Å². The normalized spacial score (nSPS) is 20.7. The molecule has 0 aliphatic heterocycles. The molecule has 3 rings (SSSR count). The molecule has 0 N–H and O–H groups in total. The first kappa shape index (κ1) is 14.1. The molecule has 1 heterocycles. The Morgan fingerprint density at radius 1 is 1.15 bits per heavy atom. The third-order valence-electron chi connectivity index (χ3n) is 4.60. The van der Waals surface area contributed by atoms with Crippen molar-refractivity contribution < 1.29 is 4.52 Å². The van der Waals surface area contributed by atoms with Gasteiger partial charge in [-0.15, -0.1) is 0 Å². The monoisotopic (exact) mass is 277 g/mol. The van der Waals surface area contributed by atoms with Crippen molar-refractivity contribution in [1.29, 1.82) is 0 Å². The van der Waals surface area contributed by atoms with Gasteiger partial charge in [-0.2, -0.15) is 4.98 Å². The topological polar surface area (TPSA) is 42.2 Å². The lowest BCUT2D eigenvalue weighted by atomic mass is 9.89. The van der Waals surface area contributed by atoms with E-state index in [2.05, 4.69) is 22.0 Å². The SMILES string of the molecule is CCCc1noc(CN(CC2CCCCC2)C2CC2)n1. The van der Waals surface area contributed by atoms with Crippen molar-refractivity contribution in [2.24, 2.45) is 5.92 Å². The van der Waals surface area contributed by atoms with Crippen molar-refractivity contribution in [3.63, 3.8) is 0 Å². The minimum atomic E-state index is 0.776. The molecule has 20 heavy (non-hydrogen) atoms. The van der Waals surface area contributed by atoms with Gasteiger partial charge in [0.1, 0.15) is 0 Å². The van der Waals surface area contributed by atoms with Crippen LogP contribution in [0.3, 0.4) is 0 Å². The molecule has 0 saturated heterocycles. The van der Waals surface area contributed by atoms with Gasteiger partial charge in [0.15, 0.2) is 5.82 Å². The summed E-state index contributed by atoms with van der Waals surface area (Å²) in [5.74, 6) is 2.58. The van der Waals surface area contributed by atoms with Gasteiger partial charge in [0, 0.05) is 19.0 Å². The van der Waals surface area contributed by atoms with E-state index < -0.39 is 0 Å². The lowest BCUT2D eigenvalue weighted by Crippen LogP contribution is -2.32. The van der Waals surface area contributed by atoms with Crippen LogP contribution >= 0.6 is 0 Å². The van der Waals surface area contributed by atoms with Gasteiger partial charge in [-0.1, -0.05) is 31.3 Å². The maximum Gasteiger partial charge on any atom is 0.240 e. The summed E-state index contributed by atoms with van der Waals surface area (Å²) in [5, 5.41) is 4.07. The quantitative estimate of drug-likeness (QED) is 0.764. The summed E-state index contributed by atoms with van der Waals surface area (Å²) < 4.78 is 5.41. The third-order valence-corrected chi connectivity index (χ3v) is 4.60. The highest BCUT2D eigenvalue weighted by Crippen LogP contribution is 2.32. The largest absolute Gasteiger partial charge is 0.338 e. The van der Waals surface area contributed by atoms with E-state index in [1.807, 2.05) is 0 Å². The van der Waals surface area contributed by atoms with E-state index in [1.54, 1.807) is 0 Å². The van der Waals surface area contributed by atoms with Crippen LogP contribution in [0.4, 0.5) is 0 Å². The number of hydrogen-bond donors (Lipinski definition) is 0. The van der Waals surface area contributed by atoms with Gasteiger partial charge >= 0.3 is 0 Å². The smallest absolute Gasteiger partial charge is 0.240 e. The number of hydrogen-bond acceptors (Lipinski definition) is 4. The van der Waals surface area contributed by atoms with Crippen LogP contribution in [0.1, 0.15) is 70.0 Å². The molecule has 0 spiro atoms. The van der Waals surface area contributed by atoms with Gasteiger partial charge < -0.3 is 4.52 Å². The van der Waals surface area contributed by atoms with Crippen LogP contribution in [0.5, 0.6) is 0 Å². The zero-order valence-electron chi connectivity index (χ0n) is 12.7. The number of aryl methyl sites for hydroxylation is 1. The molecule has 0 amide bonds. The molecule has 4 heteroatoms. The fourth-order valence-electron chi connectivity index (χ4n) is 3.34. The maximum absolute atomic E-state index is 5.41. The summed E-state index contributed by atoms with van der Waals surface area (Å²) >= 11 is 0. The Kier molecular flexibility index (Phi) is 4.71. The Morgan fingerprint density at radius 2 is 1.95 bits per heavy atom. The highest BCUT2D eigenvalue weighted by molar-refractivity contribution is 4.91. The molecular formula is C16H27N3O. The van der Waals surface area contributed by atoms with Crippen molar-refractivity contribution in [2.75, 3.05) is 6.54 Å². The molecule has 0 bridgehead atoms. The van der Waals surface area contributed by atoms with Crippen LogP contribution < -0.4 is 0 Å². The molecule has 4 nitrogen and oxygen atoms in total. The highest BCUT2D eigenvalue weighted by atomic mass is 16.5. The predicted molar refractivity (Wildman–Crippen MR) is 78.3 cm³/mol. The summed E-state index contributed by atoms with van der Waals surface area (Å²) in [5.41, 5.74) is 0. The van der Waals surface area contributed by atoms with Gasteiger partial charge in [-0.3, -0.25) is 4.90 Å². The van der Waals surface area contributed by atoms with E-state index in [0.717, 1.165) is 43.1 Å². The summed E-state index contributed by atoms with van der Waals surface area (Å²) in [6, 6.07) is 0.776. The second-order valence-corrected chi connectivity index (χ2v) is 6.52. The third kappa shape index (κ3) is 3.81. The van der Waals surface area contributed by atoms with E-state index in [-0.39, 0.29) is 0 Å². The van der Waals surface area contributed by atoms with Crippen molar-refractivity contribution >= 4 is 0 Å². The van der Waals surface area contributed by atoms with Crippen molar-refractivity contribution in [1.82, 2.24) is 15.0 Å². The summed E-state index contributed by atoms with van der Waals surface area (Å²) in [4.78, 5) is 7.12. The Morgan fingerprint density at radius 3 is 2.65 bits per heavy atom. The highest BCUT2D eigenvalue weighted by Gasteiger charge is 2.32. The van der Waals surface area contributed by atoms with Crippen LogP contribution in [0.15, 0.2) is 4.52 Å². The lowest BCUT2D eigenvalue weighted by molar-refractivity contribution is 0.166. The maximum atomic E-state index is 5.41. The molecule has 112 valence electrons. The first-order valence-corrected chi connectivity index (χ1v) is 8.40. The van der Waals surface area contributed by atoms with Crippen LogP contribution in [0, 0.1) is 5.92 Å². The van der Waals surface area contributed by atoms with Crippen molar-refractivity contribution in [3.8, 4) is 0 Å². The van der Waals surface area contributed by atoms with E-state index in [0.29, 0.717) is 0 Å². The fourth-order valence-corrected chi connectivity index (χ4v) is 3.34. The van der Waals surface area contributed by atoms with E-state index in [1.165, 1.54) is 51.5 Å². The van der Waals surface area contributed by atoms with Gasteiger partial charge in [-0.05, 0) is 38.0 Å². The Bertz CT molecular complexity index is 408. The number of rotatable bonds is 7. The van der Waals surface area contributed by atoms with Gasteiger partial charge in [0.2, 0.25) is 5.89 Å². The predicted octanol–water partition coefficient (Wildman–Crippen LogP) is 3.57. The zero-order valence-corrected chi connectivity index (χ0v) is 12.7. The van der Waals surface area contributed by atoms with Gasteiger partial charge in [0.25, 0.3) is 0 Å². The number of nitrogens with zero attached hydrogens (tertiary/aromatic N) is 3. The van der Waals surface area contributed by atoms with Crippen LogP contribution in [-0.2, 0) is 13.0 Å². The molecule has 2 fully saturated rings. The van der Waals surface area contributed by atoms with Crippen LogP contribution in [-0.4, -0.2) is 27.6 Å². The fraction of sp³-hybridized carbons (Fsp3) is 0.875. The minimum Gasteiger partial charge on any atom is -0.338 e. The summed E-state index contributed by atoms with van der Waals surface area (Å²) in [6.07, 6.45) is 11.8. The van der Waals surface area contributed by atoms with E-state index in [4.69, 9.17) is 4.52 Å². The van der Waals surface area contributed by atoms with Crippen LogP contribution in [0.25, 0.3) is 0 Å². The van der Waals surface area contributed by atoms with Crippen LogP contribution in [0.2, 0.25) is 0 Å². The molecule has 2 aliphatic carbocycles. The lowest BCUT2D eigenvalue weighted by Gasteiger charge is -2.28. The van der Waals surface area contributed by atoms with Gasteiger partial charge in [0.05, 0.1) is 6.54 Å². The van der Waals surface area contributed by atoms with E-state index >= 15 is 0 Å².